The van der Waals surface area contributed by atoms with Gasteiger partial charge in [0.25, 0.3) is 0 Å². The number of thiocarbonyl (C=S) groups is 1. The van der Waals surface area contributed by atoms with Crippen LogP contribution in [0.15, 0.2) is 0 Å². The average molecular weight is 318 g/mol. The van der Waals surface area contributed by atoms with Gasteiger partial charge in [0.15, 0.2) is 0 Å². The van der Waals surface area contributed by atoms with Crippen LogP contribution in [-0.2, 0) is 4.79 Å². The summed E-state index contributed by atoms with van der Waals surface area (Å²) in [5.41, 5.74) is 5.74. The Morgan fingerprint density at radius 1 is 1.45 bits per heavy atom. The lowest BCUT2D eigenvalue weighted by molar-refractivity contribution is -0.124. The lowest BCUT2D eigenvalue weighted by Gasteiger charge is -2.40. The standard InChI is InChI=1S/C14H27N3OS2/c1-5-13(2,3)16-11(18)10-17-8-6-14(20-4,7-9-17)12(15)19/h5-10H2,1-4H3,(H2,15,19)(H,16,18). The van der Waals surface area contributed by atoms with Crippen LogP contribution in [0.3, 0.4) is 0 Å². The lowest BCUT2D eigenvalue weighted by Crippen LogP contribution is -2.52. The van der Waals surface area contributed by atoms with E-state index in [4.69, 9.17) is 18.0 Å². The van der Waals surface area contributed by atoms with E-state index in [0.29, 0.717) is 11.5 Å². The maximum absolute atomic E-state index is 12.0. The summed E-state index contributed by atoms with van der Waals surface area (Å²) in [6, 6.07) is 0. The molecule has 1 aliphatic heterocycles. The van der Waals surface area contributed by atoms with Crippen molar-refractivity contribution < 1.29 is 4.79 Å². The van der Waals surface area contributed by atoms with Crippen molar-refractivity contribution in [3.05, 3.63) is 0 Å². The van der Waals surface area contributed by atoms with Gasteiger partial charge in [-0.2, -0.15) is 11.8 Å². The molecule has 1 heterocycles. The van der Waals surface area contributed by atoms with Crippen molar-refractivity contribution in [2.75, 3.05) is 25.9 Å². The molecule has 0 aromatic rings. The molecule has 0 atom stereocenters. The third-order valence-electron chi connectivity index (χ3n) is 4.23. The molecule has 1 saturated heterocycles. The van der Waals surface area contributed by atoms with Crippen LogP contribution in [0.2, 0.25) is 0 Å². The Balaban J connectivity index is 2.47. The largest absolute Gasteiger partial charge is 0.392 e. The van der Waals surface area contributed by atoms with Gasteiger partial charge in [0, 0.05) is 18.6 Å². The minimum Gasteiger partial charge on any atom is -0.392 e. The molecule has 0 radical (unpaired) electrons. The molecule has 0 saturated carbocycles. The zero-order chi connectivity index (χ0) is 15.4. The number of nitrogens with zero attached hydrogens (tertiary/aromatic N) is 1. The van der Waals surface area contributed by atoms with Crippen molar-refractivity contribution in [1.82, 2.24) is 10.2 Å². The number of likely N-dealkylation sites (tertiary alicyclic amines) is 1. The van der Waals surface area contributed by atoms with Gasteiger partial charge < -0.3 is 11.1 Å². The van der Waals surface area contributed by atoms with Gasteiger partial charge in [-0.3, -0.25) is 9.69 Å². The van der Waals surface area contributed by atoms with Crippen LogP contribution in [0.4, 0.5) is 0 Å². The molecule has 116 valence electrons. The molecule has 0 spiro atoms. The zero-order valence-corrected chi connectivity index (χ0v) is 14.6. The Hall–Kier alpha value is -0.330. The summed E-state index contributed by atoms with van der Waals surface area (Å²) < 4.78 is -0.0784. The minimum atomic E-state index is -0.130. The molecule has 1 amide bonds. The molecule has 3 N–H and O–H groups in total. The summed E-state index contributed by atoms with van der Waals surface area (Å²) >= 11 is 6.94. The van der Waals surface area contributed by atoms with Crippen LogP contribution in [0.25, 0.3) is 0 Å². The topological polar surface area (TPSA) is 58.4 Å². The predicted molar refractivity (Wildman–Crippen MR) is 91.2 cm³/mol. The van der Waals surface area contributed by atoms with Crippen LogP contribution in [0.1, 0.15) is 40.0 Å². The Morgan fingerprint density at radius 2 is 2.00 bits per heavy atom. The first kappa shape index (κ1) is 17.7. The highest BCUT2D eigenvalue weighted by Crippen LogP contribution is 2.34. The molecule has 4 nitrogen and oxygen atoms in total. The van der Waals surface area contributed by atoms with Crippen molar-refractivity contribution in [2.45, 2.75) is 50.3 Å². The third-order valence-corrected chi connectivity index (χ3v) is 6.16. The van der Waals surface area contributed by atoms with Crippen LogP contribution in [0.5, 0.6) is 0 Å². The molecule has 1 rings (SSSR count). The predicted octanol–water partition coefficient (Wildman–Crippen LogP) is 1.77. The van der Waals surface area contributed by atoms with E-state index in [2.05, 4.69) is 23.4 Å². The van der Waals surface area contributed by atoms with E-state index < -0.39 is 0 Å². The molecule has 0 aromatic heterocycles. The number of piperidine rings is 1. The number of hydrogen-bond acceptors (Lipinski definition) is 4. The summed E-state index contributed by atoms with van der Waals surface area (Å²) in [6.07, 6.45) is 4.84. The lowest BCUT2D eigenvalue weighted by atomic mass is 9.95. The van der Waals surface area contributed by atoms with Gasteiger partial charge in [-0.15, -0.1) is 0 Å². The Labute approximate surface area is 132 Å². The normalized spacial score (nSPS) is 19.6. The average Bonchev–Trinajstić information content (AvgIpc) is 2.39. The van der Waals surface area contributed by atoms with Gasteiger partial charge in [0.2, 0.25) is 5.91 Å². The number of amides is 1. The summed E-state index contributed by atoms with van der Waals surface area (Å²) in [5, 5.41) is 3.07. The molecule has 6 heteroatoms. The van der Waals surface area contributed by atoms with E-state index in [9.17, 15) is 4.79 Å². The van der Waals surface area contributed by atoms with E-state index in [1.54, 1.807) is 11.8 Å². The molecular weight excluding hydrogens is 290 g/mol. The van der Waals surface area contributed by atoms with Gasteiger partial charge in [0.05, 0.1) is 16.3 Å². The van der Waals surface area contributed by atoms with Crippen LogP contribution in [-0.4, -0.2) is 52.0 Å². The molecule has 0 bridgehead atoms. The highest BCUT2D eigenvalue weighted by molar-refractivity contribution is 8.02. The molecule has 1 aliphatic rings. The maximum atomic E-state index is 12.0. The van der Waals surface area contributed by atoms with E-state index in [-0.39, 0.29) is 16.2 Å². The SMILES string of the molecule is CCC(C)(C)NC(=O)CN1CCC(SC)(C(N)=S)CC1. The molecule has 0 aliphatic carbocycles. The Bertz CT molecular complexity index is 363. The molecular formula is C14H27N3OS2. The first-order valence-electron chi connectivity index (χ1n) is 7.13. The summed E-state index contributed by atoms with van der Waals surface area (Å²) in [4.78, 5) is 14.8. The Morgan fingerprint density at radius 3 is 2.40 bits per heavy atom. The number of nitrogens with two attached hydrogens (primary N) is 1. The first-order chi connectivity index (χ1) is 9.24. The van der Waals surface area contributed by atoms with Crippen LogP contribution in [0, 0.1) is 0 Å². The van der Waals surface area contributed by atoms with Crippen molar-refractivity contribution >= 4 is 34.9 Å². The van der Waals surface area contributed by atoms with Gasteiger partial charge in [-0.05, 0) is 39.4 Å². The second-order valence-electron chi connectivity index (χ2n) is 6.12. The fourth-order valence-electron chi connectivity index (χ4n) is 2.33. The fraction of sp³-hybridized carbons (Fsp3) is 0.857. The highest BCUT2D eigenvalue weighted by atomic mass is 32.2. The van der Waals surface area contributed by atoms with E-state index in [0.717, 1.165) is 32.4 Å². The second-order valence-corrected chi connectivity index (χ2v) is 7.75. The van der Waals surface area contributed by atoms with Crippen molar-refractivity contribution in [3.63, 3.8) is 0 Å². The summed E-state index contributed by atoms with van der Waals surface area (Å²) in [6.45, 7) is 8.39. The molecule has 20 heavy (non-hydrogen) atoms. The van der Waals surface area contributed by atoms with Crippen molar-refractivity contribution in [2.24, 2.45) is 5.73 Å². The molecule has 0 aromatic carbocycles. The minimum absolute atomic E-state index is 0.0784. The van der Waals surface area contributed by atoms with Crippen molar-refractivity contribution in [3.8, 4) is 0 Å². The molecule has 1 fully saturated rings. The quantitative estimate of drug-likeness (QED) is 0.731. The summed E-state index contributed by atoms with van der Waals surface area (Å²) in [7, 11) is 0. The Kier molecular flexibility index (Phi) is 6.28. The van der Waals surface area contributed by atoms with Gasteiger partial charge >= 0.3 is 0 Å². The van der Waals surface area contributed by atoms with E-state index in [1.807, 2.05) is 13.8 Å². The molecule has 0 unspecified atom stereocenters. The number of rotatable bonds is 6. The van der Waals surface area contributed by atoms with Gasteiger partial charge in [-0.25, -0.2) is 0 Å². The maximum Gasteiger partial charge on any atom is 0.234 e. The van der Waals surface area contributed by atoms with E-state index in [1.165, 1.54) is 0 Å². The number of thioether (sulfide) groups is 1. The number of carbonyl (C=O) groups is 1. The third kappa shape index (κ3) is 4.60. The zero-order valence-electron chi connectivity index (χ0n) is 13.0. The second kappa shape index (κ2) is 7.09. The van der Waals surface area contributed by atoms with Crippen LogP contribution < -0.4 is 11.1 Å². The summed E-state index contributed by atoms with van der Waals surface area (Å²) in [5.74, 6) is 0.101. The highest BCUT2D eigenvalue weighted by Gasteiger charge is 2.37. The first-order valence-corrected chi connectivity index (χ1v) is 8.76. The number of nitrogens with one attached hydrogen (secondary N) is 1. The number of carbonyl (C=O) groups excluding carboxylic acids is 1. The monoisotopic (exact) mass is 317 g/mol. The smallest absolute Gasteiger partial charge is 0.234 e. The van der Waals surface area contributed by atoms with Crippen molar-refractivity contribution in [1.29, 1.82) is 0 Å². The van der Waals surface area contributed by atoms with Crippen LogP contribution >= 0.6 is 24.0 Å². The van der Waals surface area contributed by atoms with Gasteiger partial charge in [0.1, 0.15) is 0 Å². The van der Waals surface area contributed by atoms with Gasteiger partial charge in [-0.1, -0.05) is 19.1 Å². The fourth-order valence-corrected chi connectivity index (χ4v) is 3.58. The number of hydrogen-bond donors (Lipinski definition) is 2. The van der Waals surface area contributed by atoms with E-state index >= 15 is 0 Å².